The molecule has 4 nitrogen and oxygen atoms in total. The highest BCUT2D eigenvalue weighted by Crippen LogP contribution is 2.17. The molecule has 1 fully saturated rings. The van der Waals surface area contributed by atoms with Crippen molar-refractivity contribution >= 4 is 11.9 Å². The van der Waals surface area contributed by atoms with Crippen molar-refractivity contribution in [3.63, 3.8) is 0 Å². The Labute approximate surface area is 70.3 Å². The summed E-state index contributed by atoms with van der Waals surface area (Å²) in [6.07, 6.45) is 0.302. The first-order valence-electron chi connectivity index (χ1n) is 3.72. The molecule has 1 saturated heterocycles. The van der Waals surface area contributed by atoms with Crippen LogP contribution in [0.4, 0.5) is 0 Å². The molecule has 12 heavy (non-hydrogen) atoms. The molecule has 1 heterocycles. The van der Waals surface area contributed by atoms with Crippen LogP contribution in [0, 0.1) is 0 Å². The zero-order valence-electron chi connectivity index (χ0n) is 7.05. The van der Waals surface area contributed by atoms with E-state index in [9.17, 15) is 9.59 Å². The van der Waals surface area contributed by atoms with Crippen LogP contribution in [0.25, 0.3) is 0 Å². The Morgan fingerprint density at radius 2 is 2.17 bits per heavy atom. The van der Waals surface area contributed by atoms with Crippen LogP contribution in [0.2, 0.25) is 0 Å². The summed E-state index contributed by atoms with van der Waals surface area (Å²) in [5.74, 6) is -1.22. The average Bonchev–Trinajstić information content (AvgIpc) is 2.30. The lowest BCUT2D eigenvalue weighted by molar-refractivity contribution is -0.140. The SMILES string of the molecule is CC(C)=C1C[C@H](C(=O)O)NC1=O. The Morgan fingerprint density at radius 1 is 1.58 bits per heavy atom. The minimum Gasteiger partial charge on any atom is -0.480 e. The normalized spacial score (nSPS) is 22.3. The number of hydrogen-bond donors (Lipinski definition) is 2. The molecule has 1 rings (SSSR count). The second-order valence-corrected chi connectivity index (χ2v) is 3.05. The molecule has 0 saturated carbocycles. The van der Waals surface area contributed by atoms with E-state index in [-0.39, 0.29) is 5.91 Å². The lowest BCUT2D eigenvalue weighted by Gasteiger charge is -1.99. The molecular formula is C8H11NO3. The molecule has 1 aliphatic heterocycles. The summed E-state index contributed by atoms with van der Waals surface area (Å²) in [6, 6.07) is -0.734. The predicted molar refractivity (Wildman–Crippen MR) is 42.6 cm³/mol. The highest BCUT2D eigenvalue weighted by molar-refractivity contribution is 6.00. The monoisotopic (exact) mass is 169 g/mol. The molecule has 1 amide bonds. The summed E-state index contributed by atoms with van der Waals surface area (Å²) in [5.41, 5.74) is 1.48. The molecule has 0 radical (unpaired) electrons. The minimum atomic E-state index is -0.973. The van der Waals surface area contributed by atoms with Crippen molar-refractivity contribution in [2.24, 2.45) is 0 Å². The van der Waals surface area contributed by atoms with Gasteiger partial charge in [0.15, 0.2) is 0 Å². The molecule has 0 aromatic rings. The van der Waals surface area contributed by atoms with Gasteiger partial charge in [-0.25, -0.2) is 4.79 Å². The molecule has 1 atom stereocenters. The Hall–Kier alpha value is -1.32. The van der Waals surface area contributed by atoms with E-state index >= 15 is 0 Å². The number of nitrogens with one attached hydrogen (secondary N) is 1. The van der Waals surface area contributed by atoms with Crippen LogP contribution in [0.15, 0.2) is 11.1 Å². The summed E-state index contributed by atoms with van der Waals surface area (Å²) >= 11 is 0. The van der Waals surface area contributed by atoms with Gasteiger partial charge in [-0.05, 0) is 13.8 Å². The van der Waals surface area contributed by atoms with E-state index in [0.29, 0.717) is 12.0 Å². The summed E-state index contributed by atoms with van der Waals surface area (Å²) in [4.78, 5) is 21.6. The first kappa shape index (κ1) is 8.77. The second-order valence-electron chi connectivity index (χ2n) is 3.05. The third-order valence-corrected chi connectivity index (χ3v) is 1.89. The number of carbonyl (C=O) groups is 2. The fourth-order valence-electron chi connectivity index (χ4n) is 1.17. The maximum Gasteiger partial charge on any atom is 0.326 e. The first-order valence-corrected chi connectivity index (χ1v) is 3.72. The minimum absolute atomic E-state index is 0.248. The van der Waals surface area contributed by atoms with Gasteiger partial charge in [-0.2, -0.15) is 0 Å². The van der Waals surface area contributed by atoms with Crippen LogP contribution in [-0.4, -0.2) is 23.0 Å². The maximum atomic E-state index is 11.1. The van der Waals surface area contributed by atoms with Crippen molar-refractivity contribution in [2.75, 3.05) is 0 Å². The van der Waals surface area contributed by atoms with E-state index in [2.05, 4.69) is 5.32 Å². The van der Waals surface area contributed by atoms with E-state index in [1.165, 1.54) is 0 Å². The third-order valence-electron chi connectivity index (χ3n) is 1.89. The van der Waals surface area contributed by atoms with Gasteiger partial charge in [-0.1, -0.05) is 5.57 Å². The number of carboxylic acids is 1. The number of rotatable bonds is 1. The predicted octanol–water partition coefficient (Wildman–Crippen LogP) is 0.296. The Bertz CT molecular complexity index is 263. The van der Waals surface area contributed by atoms with Crippen LogP contribution in [-0.2, 0) is 9.59 Å². The van der Waals surface area contributed by atoms with Gasteiger partial charge < -0.3 is 10.4 Å². The van der Waals surface area contributed by atoms with E-state index < -0.39 is 12.0 Å². The van der Waals surface area contributed by atoms with Crippen LogP contribution in [0.1, 0.15) is 20.3 Å². The van der Waals surface area contributed by atoms with Gasteiger partial charge >= 0.3 is 5.97 Å². The Morgan fingerprint density at radius 3 is 2.42 bits per heavy atom. The molecule has 1 aliphatic rings. The van der Waals surface area contributed by atoms with Crippen molar-refractivity contribution in [1.29, 1.82) is 0 Å². The van der Waals surface area contributed by atoms with Crippen molar-refractivity contribution in [1.82, 2.24) is 5.32 Å². The number of hydrogen-bond acceptors (Lipinski definition) is 2. The largest absolute Gasteiger partial charge is 0.480 e. The van der Waals surface area contributed by atoms with E-state index in [1.807, 2.05) is 0 Å². The maximum absolute atomic E-state index is 11.1. The van der Waals surface area contributed by atoms with E-state index in [1.54, 1.807) is 13.8 Å². The number of carboxylic acid groups (broad SMARTS) is 1. The van der Waals surface area contributed by atoms with Crippen LogP contribution in [0.5, 0.6) is 0 Å². The van der Waals surface area contributed by atoms with Crippen molar-refractivity contribution < 1.29 is 14.7 Å². The Balaban J connectivity index is 2.83. The molecule has 0 unspecified atom stereocenters. The molecule has 2 N–H and O–H groups in total. The van der Waals surface area contributed by atoms with Crippen molar-refractivity contribution in [2.45, 2.75) is 26.3 Å². The van der Waals surface area contributed by atoms with Crippen molar-refractivity contribution in [3.8, 4) is 0 Å². The molecular weight excluding hydrogens is 158 g/mol. The smallest absolute Gasteiger partial charge is 0.326 e. The third kappa shape index (κ3) is 1.47. The molecule has 0 spiro atoms. The molecule has 4 heteroatoms. The number of aliphatic carboxylic acids is 1. The van der Waals surface area contributed by atoms with E-state index in [0.717, 1.165) is 5.57 Å². The number of amides is 1. The first-order chi connectivity index (χ1) is 5.52. The van der Waals surface area contributed by atoms with Crippen LogP contribution in [0.3, 0.4) is 0 Å². The molecule has 0 aliphatic carbocycles. The molecule has 0 bridgehead atoms. The quantitative estimate of drug-likeness (QED) is 0.554. The summed E-state index contributed by atoms with van der Waals surface area (Å²) in [6.45, 7) is 3.61. The zero-order chi connectivity index (χ0) is 9.30. The summed E-state index contributed by atoms with van der Waals surface area (Å²) in [5, 5.41) is 11.0. The number of allylic oxidation sites excluding steroid dienone is 1. The highest BCUT2D eigenvalue weighted by Gasteiger charge is 2.31. The molecule has 0 aromatic carbocycles. The van der Waals surface area contributed by atoms with Crippen LogP contribution >= 0.6 is 0 Å². The second kappa shape index (κ2) is 2.97. The van der Waals surface area contributed by atoms with E-state index in [4.69, 9.17) is 5.11 Å². The van der Waals surface area contributed by atoms with Gasteiger partial charge in [0.2, 0.25) is 5.91 Å². The lowest BCUT2D eigenvalue weighted by Crippen LogP contribution is -2.32. The fraction of sp³-hybridized carbons (Fsp3) is 0.500. The standard InChI is InChI=1S/C8H11NO3/c1-4(2)5-3-6(8(11)12)9-7(5)10/h6H,3H2,1-2H3,(H,9,10)(H,11,12)/t6-/m1/s1. The average molecular weight is 169 g/mol. The summed E-state index contributed by atoms with van der Waals surface area (Å²) < 4.78 is 0. The molecule has 66 valence electrons. The fourth-order valence-corrected chi connectivity index (χ4v) is 1.17. The van der Waals surface area contributed by atoms with Gasteiger partial charge in [-0.3, -0.25) is 4.79 Å². The topological polar surface area (TPSA) is 66.4 Å². The zero-order valence-corrected chi connectivity index (χ0v) is 7.05. The van der Waals surface area contributed by atoms with Gasteiger partial charge in [0.1, 0.15) is 6.04 Å². The Kier molecular flexibility index (Phi) is 2.17. The van der Waals surface area contributed by atoms with Gasteiger partial charge in [0, 0.05) is 12.0 Å². The number of carbonyl (C=O) groups excluding carboxylic acids is 1. The van der Waals surface area contributed by atoms with Crippen molar-refractivity contribution in [3.05, 3.63) is 11.1 Å². The molecule has 0 aromatic heterocycles. The summed E-state index contributed by atoms with van der Waals surface area (Å²) in [7, 11) is 0. The van der Waals surface area contributed by atoms with Gasteiger partial charge in [0.05, 0.1) is 0 Å². The highest BCUT2D eigenvalue weighted by atomic mass is 16.4. The van der Waals surface area contributed by atoms with Gasteiger partial charge in [0.25, 0.3) is 0 Å². The van der Waals surface area contributed by atoms with Crippen LogP contribution < -0.4 is 5.32 Å². The van der Waals surface area contributed by atoms with Gasteiger partial charge in [-0.15, -0.1) is 0 Å². The lowest BCUT2D eigenvalue weighted by atomic mass is 10.1.